The van der Waals surface area contributed by atoms with Gasteiger partial charge >= 0.3 is 0 Å². The zero-order chi connectivity index (χ0) is 22.2. The molecule has 0 saturated carbocycles. The minimum atomic E-state index is 0. The molecule has 1 aromatic heterocycles. The number of hydrogen-bond donors (Lipinski definition) is 0. The minimum Gasteiger partial charge on any atom is -0.381 e. The van der Waals surface area contributed by atoms with Crippen LogP contribution in [0, 0.1) is 0 Å². The molecule has 0 aliphatic rings. The number of hydrogen-bond acceptors (Lipinski definition) is 6. The van der Waals surface area contributed by atoms with Crippen molar-refractivity contribution in [3.63, 3.8) is 0 Å². The van der Waals surface area contributed by atoms with Crippen LogP contribution in [0.3, 0.4) is 0 Å². The maximum atomic E-state index is 11.0. The van der Waals surface area contributed by atoms with Crippen LogP contribution in [0.2, 0.25) is 0 Å². The molecular formula is C28H50O4S2. The van der Waals surface area contributed by atoms with E-state index in [2.05, 4.69) is 23.6 Å². The fourth-order valence-electron chi connectivity index (χ4n) is 2.83. The fourth-order valence-corrected chi connectivity index (χ4v) is 4.52. The van der Waals surface area contributed by atoms with Crippen LogP contribution in [0.15, 0.2) is 52.7 Å². The van der Waals surface area contributed by atoms with Gasteiger partial charge < -0.3 is 9.47 Å². The van der Waals surface area contributed by atoms with Crippen LogP contribution in [0.25, 0.3) is 0 Å². The van der Waals surface area contributed by atoms with Gasteiger partial charge in [0.15, 0.2) is 0 Å². The summed E-state index contributed by atoms with van der Waals surface area (Å²) in [5, 5.41) is 2.07. The van der Waals surface area contributed by atoms with E-state index in [9.17, 15) is 9.59 Å². The third-order valence-electron chi connectivity index (χ3n) is 4.44. The third-order valence-corrected chi connectivity index (χ3v) is 6.42. The average molecular weight is 515 g/mol. The van der Waals surface area contributed by atoms with E-state index >= 15 is 0 Å². The van der Waals surface area contributed by atoms with Gasteiger partial charge in [-0.2, -0.15) is 0 Å². The van der Waals surface area contributed by atoms with Gasteiger partial charge in [0.25, 0.3) is 0 Å². The topological polar surface area (TPSA) is 52.6 Å². The highest BCUT2D eigenvalue weighted by Gasteiger charge is 2.11. The molecule has 0 spiro atoms. The second-order valence-electron chi connectivity index (χ2n) is 7.10. The van der Waals surface area contributed by atoms with Crippen LogP contribution in [-0.4, -0.2) is 43.7 Å². The van der Waals surface area contributed by atoms with Crippen LogP contribution in [0.1, 0.15) is 74.1 Å². The number of benzene rings is 1. The van der Waals surface area contributed by atoms with Crippen LogP contribution in [0.5, 0.6) is 0 Å². The molecule has 0 fully saturated rings. The van der Waals surface area contributed by atoms with Crippen molar-refractivity contribution in [1.29, 1.82) is 0 Å². The van der Waals surface area contributed by atoms with Crippen molar-refractivity contribution in [2.45, 2.75) is 92.8 Å². The number of ether oxygens (including phenoxy) is 2. The van der Waals surface area contributed by atoms with Gasteiger partial charge in [-0.25, -0.2) is 0 Å². The van der Waals surface area contributed by atoms with Crippen molar-refractivity contribution in [2.75, 3.05) is 20.0 Å². The van der Waals surface area contributed by atoms with Gasteiger partial charge in [0.1, 0.15) is 11.6 Å². The van der Waals surface area contributed by atoms with E-state index in [1.807, 2.05) is 24.3 Å². The van der Waals surface area contributed by atoms with Gasteiger partial charge in [-0.1, -0.05) is 54.0 Å². The first-order chi connectivity index (χ1) is 14.4. The van der Waals surface area contributed by atoms with Crippen LogP contribution >= 0.6 is 23.1 Å². The lowest BCUT2D eigenvalue weighted by Gasteiger charge is -2.12. The van der Waals surface area contributed by atoms with Gasteiger partial charge in [-0.15, -0.1) is 23.1 Å². The summed E-state index contributed by atoms with van der Waals surface area (Å²) in [6.45, 7) is 3.22. The summed E-state index contributed by atoms with van der Waals surface area (Å²) in [4.78, 5) is 24.5. The number of carbonyl (C=O) groups excluding carboxylic acids is 2. The summed E-state index contributed by atoms with van der Waals surface area (Å²) < 4.78 is 10.5. The Balaban J connectivity index is -0.000000238. The zero-order valence-electron chi connectivity index (χ0n) is 18.5. The molecule has 0 aliphatic heterocycles. The Bertz CT molecular complexity index is 702. The summed E-state index contributed by atoms with van der Waals surface area (Å²) >= 11 is 3.55. The number of rotatable bonds is 13. The molecule has 0 bridgehead atoms. The first-order valence-electron chi connectivity index (χ1n) is 10.2. The predicted molar refractivity (Wildman–Crippen MR) is 154 cm³/mol. The van der Waals surface area contributed by atoms with Crippen molar-refractivity contribution < 1.29 is 19.1 Å². The van der Waals surface area contributed by atoms with E-state index in [1.165, 1.54) is 9.77 Å². The lowest BCUT2D eigenvalue weighted by atomic mass is 10.1. The first kappa shape index (κ1) is 39.7. The zero-order valence-corrected chi connectivity index (χ0v) is 20.1. The molecule has 2 atom stereocenters. The first-order valence-corrected chi connectivity index (χ1v) is 12.1. The molecule has 0 saturated heterocycles. The maximum absolute atomic E-state index is 11.0. The molecule has 2 unspecified atom stereocenters. The lowest BCUT2D eigenvalue weighted by Crippen LogP contribution is -2.15. The van der Waals surface area contributed by atoms with Crippen molar-refractivity contribution in [2.24, 2.45) is 0 Å². The molecule has 34 heavy (non-hydrogen) atoms. The molecule has 198 valence electrons. The maximum Gasteiger partial charge on any atom is 0.132 e. The minimum absolute atomic E-state index is 0. The van der Waals surface area contributed by atoms with E-state index in [4.69, 9.17) is 9.47 Å². The molecule has 4 nitrogen and oxygen atoms in total. The smallest absolute Gasteiger partial charge is 0.132 e. The second-order valence-corrected chi connectivity index (χ2v) is 9.30. The number of carbonyl (C=O) groups is 2. The van der Waals surface area contributed by atoms with E-state index in [0.29, 0.717) is 12.8 Å². The molecule has 0 N–H and O–H groups in total. The van der Waals surface area contributed by atoms with Gasteiger partial charge in [0, 0.05) is 42.6 Å². The van der Waals surface area contributed by atoms with Gasteiger partial charge in [0.05, 0.1) is 12.2 Å². The molecule has 2 aromatic rings. The van der Waals surface area contributed by atoms with Gasteiger partial charge in [0.2, 0.25) is 0 Å². The number of Topliss-reactive ketones (excluding diaryl/α,β-unsaturated/α-hetero) is 2. The lowest BCUT2D eigenvalue weighted by molar-refractivity contribution is -0.120. The molecule has 0 aliphatic carbocycles. The van der Waals surface area contributed by atoms with Gasteiger partial charge in [-0.3, -0.25) is 9.59 Å². The number of thiophene rings is 1. The van der Waals surface area contributed by atoms with Crippen LogP contribution in [0.4, 0.5) is 0 Å². The number of thioether (sulfide) groups is 1. The Morgan fingerprint density at radius 3 is 1.79 bits per heavy atom. The predicted octanol–water partition coefficient (Wildman–Crippen LogP) is 8.38. The van der Waals surface area contributed by atoms with Crippen LogP contribution in [-0.2, 0) is 25.5 Å². The largest absolute Gasteiger partial charge is 0.381 e. The SMILES string of the molecule is C.C.C.C.COC(CCSc1ccccc1)CC(C)=O.COC(CCc1cccs1)CC(C)=O. The summed E-state index contributed by atoms with van der Waals surface area (Å²) in [6.07, 6.45) is 4.03. The average Bonchev–Trinajstić information content (AvgIpc) is 3.24. The van der Waals surface area contributed by atoms with E-state index in [0.717, 1.165) is 25.0 Å². The summed E-state index contributed by atoms with van der Waals surface area (Å²) in [7, 11) is 3.34. The van der Waals surface area contributed by atoms with Crippen molar-refractivity contribution >= 4 is 34.7 Å². The summed E-state index contributed by atoms with van der Waals surface area (Å²) in [6, 6.07) is 14.4. The molecule has 2 rings (SSSR count). The molecule has 1 aromatic carbocycles. The highest BCUT2D eigenvalue weighted by Crippen LogP contribution is 2.19. The Kier molecular flexibility index (Phi) is 28.8. The Labute approximate surface area is 218 Å². The molecule has 0 radical (unpaired) electrons. The molecule has 6 heteroatoms. The number of ketones is 2. The Morgan fingerprint density at radius 1 is 0.824 bits per heavy atom. The van der Waals surface area contributed by atoms with Gasteiger partial charge in [-0.05, 0) is 56.7 Å². The number of methoxy groups -OCH3 is 2. The standard InChI is InChI=1S/C13H18O2S.C11H16O2S.4CH4/c1-11(14)10-12(15-2)8-9-16-13-6-4-3-5-7-13;1-9(12)8-10(13-2)5-6-11-4-3-7-14-11;;;;/h3-7,12H,8-10H2,1-2H3;3-4,7,10H,5-6,8H2,1-2H3;4*1H4. The van der Waals surface area contributed by atoms with E-state index in [1.54, 1.807) is 51.2 Å². The normalized spacial score (nSPS) is 11.1. The molecule has 1 heterocycles. The molecular weight excluding hydrogens is 464 g/mol. The quantitative estimate of drug-likeness (QED) is 0.251. The second kappa shape index (κ2) is 24.6. The molecule has 0 amide bonds. The van der Waals surface area contributed by atoms with Crippen molar-refractivity contribution in [3.05, 3.63) is 52.7 Å². The highest BCUT2D eigenvalue weighted by molar-refractivity contribution is 7.99. The summed E-state index contributed by atoms with van der Waals surface area (Å²) in [5.74, 6) is 1.37. The Morgan fingerprint density at radius 2 is 1.35 bits per heavy atom. The summed E-state index contributed by atoms with van der Waals surface area (Å²) in [5.41, 5.74) is 0. The fraction of sp³-hybridized carbons (Fsp3) is 0.571. The van der Waals surface area contributed by atoms with Crippen molar-refractivity contribution in [1.82, 2.24) is 0 Å². The van der Waals surface area contributed by atoms with Crippen LogP contribution < -0.4 is 0 Å². The number of aryl methyl sites for hydroxylation is 1. The van der Waals surface area contributed by atoms with E-state index < -0.39 is 0 Å². The Hall–Kier alpha value is -1.47. The van der Waals surface area contributed by atoms with E-state index in [-0.39, 0.29) is 53.5 Å². The highest BCUT2D eigenvalue weighted by atomic mass is 32.2. The third kappa shape index (κ3) is 20.0. The monoisotopic (exact) mass is 514 g/mol. The van der Waals surface area contributed by atoms with Crippen molar-refractivity contribution in [3.8, 4) is 0 Å².